The number of rotatable bonds is 4. The zero-order chi connectivity index (χ0) is 10.7. The fourth-order valence-corrected chi connectivity index (χ4v) is 1.17. The fraction of sp³-hybridized carbons (Fsp3) is 0.700. The van der Waals surface area contributed by atoms with Crippen molar-refractivity contribution < 1.29 is 9.63 Å². The second kappa shape index (κ2) is 4.57. The van der Waals surface area contributed by atoms with Crippen molar-refractivity contribution in [2.24, 2.45) is 5.73 Å². The average molecular weight is 198 g/mol. The molecule has 0 fully saturated rings. The first kappa shape index (κ1) is 11.2. The minimum atomic E-state index is -0.278. The lowest BCUT2D eigenvalue weighted by Gasteiger charge is -2.13. The second-order valence-corrected chi connectivity index (χ2v) is 3.94. The number of nitrogens with zero attached hydrogens (tertiary/aromatic N) is 1. The maximum Gasteiger partial charge on any atom is 0.139 e. The van der Waals surface area contributed by atoms with E-state index in [1.54, 1.807) is 0 Å². The van der Waals surface area contributed by atoms with E-state index in [4.69, 9.17) is 15.4 Å². The summed E-state index contributed by atoms with van der Waals surface area (Å²) in [6.45, 7) is 5.98. The number of aliphatic hydroxyl groups is 1. The van der Waals surface area contributed by atoms with Crippen LogP contribution in [0.2, 0.25) is 0 Å². The van der Waals surface area contributed by atoms with Crippen LogP contribution >= 0.6 is 0 Å². The molecule has 0 spiro atoms. The van der Waals surface area contributed by atoms with Gasteiger partial charge in [-0.05, 0) is 0 Å². The van der Waals surface area contributed by atoms with Crippen molar-refractivity contribution in [2.45, 2.75) is 38.6 Å². The number of nitrogens with two attached hydrogens (primary N) is 1. The molecule has 0 aliphatic rings. The Bertz CT molecular complexity index is 283. The molecule has 0 aliphatic carbocycles. The van der Waals surface area contributed by atoms with Crippen LogP contribution in [-0.4, -0.2) is 22.9 Å². The van der Waals surface area contributed by atoms with Crippen LogP contribution in [0.4, 0.5) is 0 Å². The van der Waals surface area contributed by atoms with Crippen molar-refractivity contribution in [3.8, 4) is 0 Å². The molecule has 0 aromatic carbocycles. The number of hydrogen-bond donors (Lipinski definition) is 2. The van der Waals surface area contributed by atoms with Crippen molar-refractivity contribution in [3.05, 3.63) is 17.5 Å². The molecule has 80 valence electrons. The lowest BCUT2D eigenvalue weighted by atomic mass is 9.99. The Labute approximate surface area is 84.1 Å². The molecule has 1 aromatic rings. The summed E-state index contributed by atoms with van der Waals surface area (Å²) in [6.07, 6.45) is 0. The van der Waals surface area contributed by atoms with Crippen LogP contribution in [0, 0.1) is 0 Å². The van der Waals surface area contributed by atoms with Gasteiger partial charge in [-0.2, -0.15) is 0 Å². The minimum Gasteiger partial charge on any atom is -0.395 e. The van der Waals surface area contributed by atoms with E-state index in [0.717, 1.165) is 11.5 Å². The Morgan fingerprint density at radius 1 is 1.50 bits per heavy atom. The summed E-state index contributed by atoms with van der Waals surface area (Å²) >= 11 is 0. The molecule has 14 heavy (non-hydrogen) atoms. The summed E-state index contributed by atoms with van der Waals surface area (Å²) in [7, 11) is 0. The molecule has 2 atom stereocenters. The van der Waals surface area contributed by atoms with E-state index in [1.165, 1.54) is 0 Å². The topological polar surface area (TPSA) is 72.3 Å². The van der Waals surface area contributed by atoms with Gasteiger partial charge in [-0.1, -0.05) is 25.9 Å². The Balaban J connectivity index is 2.76. The summed E-state index contributed by atoms with van der Waals surface area (Å²) in [6, 6.07) is 1.63. The summed E-state index contributed by atoms with van der Waals surface area (Å²) in [5.74, 6) is 1.21. The molecule has 0 bridgehead atoms. The van der Waals surface area contributed by atoms with Crippen LogP contribution in [0.25, 0.3) is 0 Å². The lowest BCUT2D eigenvalue weighted by molar-refractivity contribution is 0.249. The Morgan fingerprint density at radius 2 is 2.14 bits per heavy atom. The SMILES string of the molecule is CC(C)c1cc(C(C)C(N)CO)no1. The van der Waals surface area contributed by atoms with Gasteiger partial charge < -0.3 is 15.4 Å². The van der Waals surface area contributed by atoms with E-state index in [0.29, 0.717) is 5.92 Å². The summed E-state index contributed by atoms with van der Waals surface area (Å²) in [5.41, 5.74) is 6.52. The molecule has 0 radical (unpaired) electrons. The Hall–Kier alpha value is -0.870. The maximum absolute atomic E-state index is 8.90. The first-order valence-corrected chi connectivity index (χ1v) is 4.89. The van der Waals surface area contributed by atoms with E-state index in [-0.39, 0.29) is 18.6 Å². The van der Waals surface area contributed by atoms with E-state index in [2.05, 4.69) is 5.16 Å². The molecule has 0 aliphatic heterocycles. The lowest BCUT2D eigenvalue weighted by Crippen LogP contribution is -2.30. The highest BCUT2D eigenvalue weighted by molar-refractivity contribution is 5.13. The number of aromatic nitrogens is 1. The third kappa shape index (κ3) is 2.33. The van der Waals surface area contributed by atoms with Crippen LogP contribution in [0.15, 0.2) is 10.6 Å². The predicted octanol–water partition coefficient (Wildman–Crippen LogP) is 1.22. The van der Waals surface area contributed by atoms with E-state index < -0.39 is 0 Å². The summed E-state index contributed by atoms with van der Waals surface area (Å²) < 4.78 is 5.15. The van der Waals surface area contributed by atoms with Gasteiger partial charge in [0.15, 0.2) is 0 Å². The fourth-order valence-electron chi connectivity index (χ4n) is 1.17. The highest BCUT2D eigenvalue weighted by atomic mass is 16.5. The van der Waals surface area contributed by atoms with Crippen molar-refractivity contribution in [1.29, 1.82) is 0 Å². The van der Waals surface area contributed by atoms with E-state index in [1.807, 2.05) is 26.8 Å². The highest BCUT2D eigenvalue weighted by Crippen LogP contribution is 2.21. The van der Waals surface area contributed by atoms with Crippen molar-refractivity contribution in [2.75, 3.05) is 6.61 Å². The highest BCUT2D eigenvalue weighted by Gasteiger charge is 2.18. The van der Waals surface area contributed by atoms with Gasteiger partial charge in [0.2, 0.25) is 0 Å². The van der Waals surface area contributed by atoms with E-state index in [9.17, 15) is 0 Å². The Morgan fingerprint density at radius 3 is 2.57 bits per heavy atom. The van der Waals surface area contributed by atoms with Crippen molar-refractivity contribution in [1.82, 2.24) is 5.16 Å². The monoisotopic (exact) mass is 198 g/mol. The van der Waals surface area contributed by atoms with Crippen LogP contribution in [0.1, 0.15) is 44.1 Å². The largest absolute Gasteiger partial charge is 0.395 e. The molecule has 3 N–H and O–H groups in total. The van der Waals surface area contributed by atoms with Gasteiger partial charge >= 0.3 is 0 Å². The van der Waals surface area contributed by atoms with Gasteiger partial charge in [-0.25, -0.2) is 0 Å². The standard InChI is InChI=1S/C10H18N2O2/c1-6(2)10-4-9(12-14-10)7(3)8(11)5-13/h4,6-8,13H,5,11H2,1-3H3. The average Bonchev–Trinajstić information content (AvgIpc) is 2.64. The van der Waals surface area contributed by atoms with Crippen LogP contribution < -0.4 is 5.73 Å². The minimum absolute atomic E-state index is 0.0243. The second-order valence-electron chi connectivity index (χ2n) is 3.94. The van der Waals surface area contributed by atoms with Gasteiger partial charge in [0.05, 0.1) is 12.3 Å². The molecule has 2 unspecified atom stereocenters. The van der Waals surface area contributed by atoms with Crippen molar-refractivity contribution >= 4 is 0 Å². The van der Waals surface area contributed by atoms with Gasteiger partial charge in [-0.3, -0.25) is 0 Å². The van der Waals surface area contributed by atoms with Crippen molar-refractivity contribution in [3.63, 3.8) is 0 Å². The van der Waals surface area contributed by atoms with E-state index >= 15 is 0 Å². The molecule has 0 saturated heterocycles. The van der Waals surface area contributed by atoms with Gasteiger partial charge in [0.1, 0.15) is 5.76 Å². The van der Waals surface area contributed by atoms with Gasteiger partial charge in [0.25, 0.3) is 0 Å². The zero-order valence-electron chi connectivity index (χ0n) is 8.90. The first-order valence-electron chi connectivity index (χ1n) is 4.89. The maximum atomic E-state index is 8.90. The van der Waals surface area contributed by atoms with Crippen LogP contribution in [0.5, 0.6) is 0 Å². The van der Waals surface area contributed by atoms with Gasteiger partial charge in [-0.15, -0.1) is 0 Å². The molecule has 1 rings (SSSR count). The molecule has 1 heterocycles. The molecule has 1 aromatic heterocycles. The molecule has 4 heteroatoms. The van der Waals surface area contributed by atoms with Gasteiger partial charge in [0, 0.05) is 23.9 Å². The molecular weight excluding hydrogens is 180 g/mol. The first-order chi connectivity index (χ1) is 6.56. The zero-order valence-corrected chi connectivity index (χ0v) is 8.90. The molecular formula is C10H18N2O2. The van der Waals surface area contributed by atoms with Crippen LogP contribution in [0.3, 0.4) is 0 Å². The normalized spacial score (nSPS) is 15.9. The third-order valence-corrected chi connectivity index (χ3v) is 2.44. The summed E-state index contributed by atoms with van der Waals surface area (Å²) in [5, 5.41) is 12.8. The third-order valence-electron chi connectivity index (χ3n) is 2.44. The molecule has 0 amide bonds. The summed E-state index contributed by atoms with van der Waals surface area (Å²) in [4.78, 5) is 0. The predicted molar refractivity (Wildman–Crippen MR) is 54.1 cm³/mol. The molecule has 0 saturated carbocycles. The molecule has 4 nitrogen and oxygen atoms in total. The number of hydrogen-bond acceptors (Lipinski definition) is 4. The quantitative estimate of drug-likeness (QED) is 0.763. The Kier molecular flexibility index (Phi) is 3.66. The van der Waals surface area contributed by atoms with Crippen LogP contribution in [-0.2, 0) is 0 Å². The smallest absolute Gasteiger partial charge is 0.139 e. The number of aliphatic hydroxyl groups excluding tert-OH is 1.